The van der Waals surface area contributed by atoms with Crippen molar-refractivity contribution >= 4 is 11.8 Å². The van der Waals surface area contributed by atoms with E-state index in [4.69, 9.17) is 9.15 Å². The van der Waals surface area contributed by atoms with Gasteiger partial charge < -0.3 is 19.4 Å². The maximum Gasteiger partial charge on any atom is 0.275 e. The summed E-state index contributed by atoms with van der Waals surface area (Å²) in [6, 6.07) is 6.58. The number of carbonyl (C=O) groups is 2. The molecule has 3 rings (SSSR count). The van der Waals surface area contributed by atoms with Crippen molar-refractivity contribution in [1.29, 1.82) is 0 Å². The smallest absolute Gasteiger partial charge is 0.275 e. The summed E-state index contributed by atoms with van der Waals surface area (Å²) in [5, 5.41) is 2.96. The lowest BCUT2D eigenvalue weighted by Crippen LogP contribution is -2.32. The van der Waals surface area contributed by atoms with E-state index in [-0.39, 0.29) is 23.4 Å². The Morgan fingerprint density at radius 3 is 2.71 bits per heavy atom. The molecular formula is C21H27N3O4. The standard InChI is InChI=1S/C21H27N3O4/c1-4-27-16-9-7-8-15(12-16)19(25)23-18(14(2)3)20-22-17(13-28-20)21(26)24-10-5-6-11-24/h7-9,12-14,18H,4-6,10-11H2,1-3H3,(H,23,25)/t18-/m1/s1. The van der Waals surface area contributed by atoms with Gasteiger partial charge in [0, 0.05) is 18.7 Å². The van der Waals surface area contributed by atoms with Crippen LogP contribution < -0.4 is 10.1 Å². The second-order valence-corrected chi connectivity index (χ2v) is 7.23. The molecule has 7 nitrogen and oxygen atoms in total. The van der Waals surface area contributed by atoms with E-state index in [1.807, 2.05) is 26.8 Å². The van der Waals surface area contributed by atoms with Crippen LogP contribution in [0.5, 0.6) is 5.75 Å². The molecular weight excluding hydrogens is 358 g/mol. The number of likely N-dealkylation sites (tertiary alicyclic amines) is 1. The normalized spacial score (nSPS) is 14.9. The average molecular weight is 385 g/mol. The summed E-state index contributed by atoms with van der Waals surface area (Å²) in [6.07, 6.45) is 3.41. The van der Waals surface area contributed by atoms with Crippen LogP contribution in [0.25, 0.3) is 0 Å². The van der Waals surface area contributed by atoms with Gasteiger partial charge in [0.2, 0.25) is 5.89 Å². The van der Waals surface area contributed by atoms with Crippen LogP contribution in [0.4, 0.5) is 0 Å². The molecule has 1 aromatic carbocycles. The molecule has 1 aliphatic heterocycles. The maximum atomic E-state index is 12.7. The van der Waals surface area contributed by atoms with Gasteiger partial charge in [0.05, 0.1) is 6.61 Å². The van der Waals surface area contributed by atoms with Gasteiger partial charge in [-0.15, -0.1) is 0 Å². The molecule has 0 bridgehead atoms. The highest BCUT2D eigenvalue weighted by Gasteiger charge is 2.27. The topological polar surface area (TPSA) is 84.7 Å². The number of aromatic nitrogens is 1. The number of amides is 2. The molecule has 1 saturated heterocycles. The van der Waals surface area contributed by atoms with Crippen LogP contribution in [0, 0.1) is 5.92 Å². The van der Waals surface area contributed by atoms with Crippen molar-refractivity contribution in [2.24, 2.45) is 5.92 Å². The molecule has 1 fully saturated rings. The summed E-state index contributed by atoms with van der Waals surface area (Å²) in [5.41, 5.74) is 0.784. The van der Waals surface area contributed by atoms with Crippen LogP contribution >= 0.6 is 0 Å². The Balaban J connectivity index is 1.74. The monoisotopic (exact) mass is 385 g/mol. The summed E-state index contributed by atoms with van der Waals surface area (Å²) >= 11 is 0. The Kier molecular flexibility index (Phi) is 6.34. The SMILES string of the molecule is CCOc1cccc(C(=O)N[C@@H](c2nc(C(=O)N3CCCC3)co2)C(C)C)c1. The van der Waals surface area contributed by atoms with Crippen molar-refractivity contribution in [3.63, 3.8) is 0 Å². The Morgan fingerprint density at radius 1 is 1.29 bits per heavy atom. The van der Waals surface area contributed by atoms with E-state index in [0.717, 1.165) is 25.9 Å². The van der Waals surface area contributed by atoms with E-state index in [1.54, 1.807) is 23.1 Å². The van der Waals surface area contributed by atoms with Gasteiger partial charge in [-0.1, -0.05) is 19.9 Å². The molecule has 1 aliphatic rings. The molecule has 150 valence electrons. The third-order valence-corrected chi connectivity index (χ3v) is 4.76. The first-order valence-electron chi connectivity index (χ1n) is 9.78. The molecule has 0 radical (unpaired) electrons. The first-order valence-corrected chi connectivity index (χ1v) is 9.78. The molecule has 1 N–H and O–H groups in total. The average Bonchev–Trinajstić information content (AvgIpc) is 3.38. The van der Waals surface area contributed by atoms with E-state index >= 15 is 0 Å². The zero-order valence-electron chi connectivity index (χ0n) is 16.6. The van der Waals surface area contributed by atoms with Gasteiger partial charge in [0.15, 0.2) is 5.69 Å². The van der Waals surface area contributed by atoms with Crippen molar-refractivity contribution in [2.75, 3.05) is 19.7 Å². The Morgan fingerprint density at radius 2 is 2.04 bits per heavy atom. The second-order valence-electron chi connectivity index (χ2n) is 7.23. The van der Waals surface area contributed by atoms with Gasteiger partial charge in [0.1, 0.15) is 18.1 Å². The fraction of sp³-hybridized carbons (Fsp3) is 0.476. The number of oxazole rings is 1. The van der Waals surface area contributed by atoms with Crippen LogP contribution in [0.2, 0.25) is 0 Å². The molecule has 2 aromatic rings. The summed E-state index contributed by atoms with van der Waals surface area (Å²) in [6.45, 7) is 7.86. The lowest BCUT2D eigenvalue weighted by Gasteiger charge is -2.19. The highest BCUT2D eigenvalue weighted by Crippen LogP contribution is 2.23. The van der Waals surface area contributed by atoms with E-state index in [9.17, 15) is 9.59 Å². The Labute approximate surface area is 165 Å². The quantitative estimate of drug-likeness (QED) is 0.789. The fourth-order valence-electron chi connectivity index (χ4n) is 3.24. The highest BCUT2D eigenvalue weighted by molar-refractivity contribution is 5.95. The van der Waals surface area contributed by atoms with Crippen LogP contribution in [0.15, 0.2) is 34.9 Å². The van der Waals surface area contributed by atoms with Gasteiger partial charge in [-0.05, 0) is 43.9 Å². The van der Waals surface area contributed by atoms with Crippen molar-refractivity contribution in [2.45, 2.75) is 39.7 Å². The minimum Gasteiger partial charge on any atom is -0.494 e. The first kappa shape index (κ1) is 19.9. The molecule has 28 heavy (non-hydrogen) atoms. The lowest BCUT2D eigenvalue weighted by atomic mass is 10.0. The van der Waals surface area contributed by atoms with E-state index in [0.29, 0.717) is 23.8 Å². The molecule has 1 aromatic heterocycles. The zero-order valence-corrected chi connectivity index (χ0v) is 16.6. The van der Waals surface area contributed by atoms with Crippen molar-refractivity contribution in [3.05, 3.63) is 47.7 Å². The Hall–Kier alpha value is -2.83. The van der Waals surface area contributed by atoms with Gasteiger partial charge >= 0.3 is 0 Å². The maximum absolute atomic E-state index is 12.7. The van der Waals surface area contributed by atoms with Gasteiger partial charge in [-0.25, -0.2) is 4.98 Å². The molecule has 0 spiro atoms. The van der Waals surface area contributed by atoms with Crippen LogP contribution in [-0.4, -0.2) is 41.4 Å². The van der Waals surface area contributed by atoms with Gasteiger partial charge in [0.25, 0.3) is 11.8 Å². The lowest BCUT2D eigenvalue weighted by molar-refractivity contribution is 0.0786. The minimum atomic E-state index is -0.441. The molecule has 2 heterocycles. The molecule has 0 unspecified atom stereocenters. The number of benzene rings is 1. The molecule has 2 amide bonds. The van der Waals surface area contributed by atoms with Crippen LogP contribution in [0.3, 0.4) is 0 Å². The number of rotatable bonds is 7. The number of nitrogens with one attached hydrogen (secondary N) is 1. The second kappa shape index (κ2) is 8.91. The van der Waals surface area contributed by atoms with E-state index < -0.39 is 6.04 Å². The number of nitrogens with zero attached hydrogens (tertiary/aromatic N) is 2. The van der Waals surface area contributed by atoms with E-state index in [2.05, 4.69) is 10.3 Å². The Bertz CT molecular complexity index is 825. The zero-order chi connectivity index (χ0) is 20.1. The van der Waals surface area contributed by atoms with Gasteiger partial charge in [-0.2, -0.15) is 0 Å². The molecule has 0 saturated carbocycles. The molecule has 0 aliphatic carbocycles. The number of carbonyl (C=O) groups excluding carboxylic acids is 2. The number of ether oxygens (including phenoxy) is 1. The first-order chi connectivity index (χ1) is 13.5. The van der Waals surface area contributed by atoms with E-state index in [1.165, 1.54) is 6.26 Å². The fourth-order valence-corrected chi connectivity index (χ4v) is 3.24. The summed E-state index contributed by atoms with van der Waals surface area (Å²) in [4.78, 5) is 31.4. The van der Waals surface area contributed by atoms with Crippen molar-refractivity contribution < 1.29 is 18.7 Å². The third-order valence-electron chi connectivity index (χ3n) is 4.76. The number of hydrogen-bond donors (Lipinski definition) is 1. The predicted octanol–water partition coefficient (Wildman–Crippen LogP) is 3.44. The molecule has 7 heteroatoms. The summed E-state index contributed by atoms with van der Waals surface area (Å²) in [5.74, 6) is 0.654. The van der Waals surface area contributed by atoms with Crippen molar-refractivity contribution in [3.8, 4) is 5.75 Å². The van der Waals surface area contributed by atoms with Gasteiger partial charge in [-0.3, -0.25) is 9.59 Å². The molecule has 1 atom stereocenters. The predicted molar refractivity (Wildman–Crippen MR) is 104 cm³/mol. The van der Waals surface area contributed by atoms with Crippen LogP contribution in [0.1, 0.15) is 66.4 Å². The van der Waals surface area contributed by atoms with Crippen molar-refractivity contribution in [1.82, 2.24) is 15.2 Å². The van der Waals surface area contributed by atoms with Crippen LogP contribution in [-0.2, 0) is 0 Å². The summed E-state index contributed by atoms with van der Waals surface area (Å²) < 4.78 is 11.0. The number of hydrogen-bond acceptors (Lipinski definition) is 5. The minimum absolute atomic E-state index is 0.0346. The third kappa shape index (κ3) is 4.52. The highest BCUT2D eigenvalue weighted by atomic mass is 16.5. The summed E-state index contributed by atoms with van der Waals surface area (Å²) in [7, 11) is 0. The largest absolute Gasteiger partial charge is 0.494 e.